The number of aryl methyl sites for hydroxylation is 1. The van der Waals surface area contributed by atoms with Crippen molar-refractivity contribution in [1.29, 1.82) is 0 Å². The molecule has 0 bridgehead atoms. The predicted molar refractivity (Wildman–Crippen MR) is 145 cm³/mol. The van der Waals surface area contributed by atoms with Crippen LogP contribution in [0, 0.1) is 6.92 Å². The van der Waals surface area contributed by atoms with E-state index in [-0.39, 0.29) is 16.8 Å². The highest BCUT2D eigenvalue weighted by molar-refractivity contribution is 6.10. The van der Waals surface area contributed by atoms with Gasteiger partial charge in [-0.3, -0.25) is 14.5 Å². The average molecular weight is 512 g/mol. The van der Waals surface area contributed by atoms with Crippen LogP contribution in [0.4, 0.5) is 5.69 Å². The molecule has 0 N–H and O–H groups in total. The number of unbranched alkanes of at least 4 members (excludes halogenated alkanes) is 1. The first-order chi connectivity index (χ1) is 18.4. The standard InChI is InChI=1S/C31H29NO6/c1-4-6-16-37-31(35)20-11-13-22(14-12-20)32-27(21-8-7-9-23(18-21)36-5-2)26-28(33)24-17-19(3)10-15-25(24)38-29(26)30(32)34/h7-15,17-18,27H,4-6,16H2,1-3H3. The van der Waals surface area contributed by atoms with Crippen LogP contribution in [0.5, 0.6) is 5.75 Å². The average Bonchev–Trinajstić information content (AvgIpc) is 3.22. The summed E-state index contributed by atoms with van der Waals surface area (Å²) in [5.41, 5.74) is 2.94. The lowest BCUT2D eigenvalue weighted by Crippen LogP contribution is -2.29. The highest BCUT2D eigenvalue weighted by Crippen LogP contribution is 2.42. The third kappa shape index (κ3) is 4.56. The van der Waals surface area contributed by atoms with Gasteiger partial charge in [0.15, 0.2) is 5.43 Å². The van der Waals surface area contributed by atoms with Crippen LogP contribution < -0.4 is 15.1 Å². The van der Waals surface area contributed by atoms with Crippen molar-refractivity contribution in [3.05, 3.63) is 105 Å². The molecule has 1 aliphatic heterocycles. The molecule has 1 unspecified atom stereocenters. The van der Waals surface area contributed by atoms with Crippen molar-refractivity contribution in [3.63, 3.8) is 0 Å². The third-order valence-corrected chi connectivity index (χ3v) is 6.62. The van der Waals surface area contributed by atoms with Gasteiger partial charge in [-0.1, -0.05) is 37.1 Å². The summed E-state index contributed by atoms with van der Waals surface area (Å²) in [5, 5.41) is 0.425. The third-order valence-electron chi connectivity index (χ3n) is 6.62. The molecule has 2 heterocycles. The number of amides is 1. The molecule has 38 heavy (non-hydrogen) atoms. The fraction of sp³-hybridized carbons (Fsp3) is 0.258. The van der Waals surface area contributed by atoms with Crippen molar-refractivity contribution in [2.75, 3.05) is 18.1 Å². The van der Waals surface area contributed by atoms with E-state index in [0.29, 0.717) is 46.7 Å². The number of hydrogen-bond donors (Lipinski definition) is 0. The number of fused-ring (bicyclic) bond motifs is 2. The monoisotopic (exact) mass is 511 g/mol. The molecule has 1 atom stereocenters. The summed E-state index contributed by atoms with van der Waals surface area (Å²) < 4.78 is 17.1. The molecule has 0 saturated heterocycles. The van der Waals surface area contributed by atoms with E-state index in [1.807, 2.05) is 51.1 Å². The topological polar surface area (TPSA) is 86.0 Å². The van der Waals surface area contributed by atoms with Crippen LogP contribution in [0.1, 0.15) is 70.3 Å². The van der Waals surface area contributed by atoms with Gasteiger partial charge >= 0.3 is 5.97 Å². The van der Waals surface area contributed by atoms with Crippen molar-refractivity contribution >= 4 is 28.5 Å². The SMILES string of the molecule is CCCCOC(=O)c1ccc(N2C(=O)c3oc4ccc(C)cc4c(=O)c3C2c2cccc(OCC)c2)cc1. The molecule has 7 nitrogen and oxygen atoms in total. The summed E-state index contributed by atoms with van der Waals surface area (Å²) in [6.45, 7) is 6.66. The second-order valence-corrected chi connectivity index (χ2v) is 9.29. The smallest absolute Gasteiger partial charge is 0.338 e. The summed E-state index contributed by atoms with van der Waals surface area (Å²) in [4.78, 5) is 41.6. The zero-order chi connectivity index (χ0) is 26.8. The Balaban J connectivity index is 1.63. The molecule has 1 amide bonds. The largest absolute Gasteiger partial charge is 0.494 e. The number of esters is 1. The van der Waals surface area contributed by atoms with Crippen LogP contribution in [0.15, 0.2) is 75.9 Å². The first-order valence-corrected chi connectivity index (χ1v) is 12.8. The number of carbonyl (C=O) groups excluding carboxylic acids is 2. The van der Waals surface area contributed by atoms with E-state index in [0.717, 1.165) is 18.4 Å². The van der Waals surface area contributed by atoms with Crippen molar-refractivity contribution < 1.29 is 23.5 Å². The zero-order valence-electron chi connectivity index (χ0n) is 21.7. The van der Waals surface area contributed by atoms with Gasteiger partial charge in [-0.25, -0.2) is 4.79 Å². The zero-order valence-corrected chi connectivity index (χ0v) is 21.7. The Morgan fingerprint density at radius 2 is 1.79 bits per heavy atom. The molecule has 0 aliphatic carbocycles. The molecule has 3 aromatic carbocycles. The maximum Gasteiger partial charge on any atom is 0.338 e. The van der Waals surface area contributed by atoms with Gasteiger partial charge in [0.25, 0.3) is 5.91 Å². The molecule has 1 aromatic heterocycles. The summed E-state index contributed by atoms with van der Waals surface area (Å²) in [6, 6.07) is 18.6. The highest BCUT2D eigenvalue weighted by Gasteiger charge is 2.43. The number of benzene rings is 3. The highest BCUT2D eigenvalue weighted by atomic mass is 16.5. The lowest BCUT2D eigenvalue weighted by Gasteiger charge is -2.25. The Morgan fingerprint density at radius 3 is 2.53 bits per heavy atom. The molecule has 5 rings (SSSR count). The summed E-state index contributed by atoms with van der Waals surface area (Å²) in [5.74, 6) is -0.191. The van der Waals surface area contributed by atoms with Crippen LogP contribution in [-0.2, 0) is 4.74 Å². The van der Waals surface area contributed by atoms with E-state index in [1.54, 1.807) is 41.3 Å². The van der Waals surface area contributed by atoms with Crippen LogP contribution in [0.2, 0.25) is 0 Å². The molecule has 0 fully saturated rings. The van der Waals surface area contributed by atoms with Crippen molar-refractivity contribution in [3.8, 4) is 5.75 Å². The Hall–Kier alpha value is -4.39. The van der Waals surface area contributed by atoms with E-state index in [9.17, 15) is 14.4 Å². The molecule has 4 aromatic rings. The van der Waals surface area contributed by atoms with Gasteiger partial charge in [0.05, 0.1) is 35.8 Å². The number of carbonyl (C=O) groups is 2. The van der Waals surface area contributed by atoms with Crippen molar-refractivity contribution in [2.24, 2.45) is 0 Å². The Kier molecular flexibility index (Phi) is 7.01. The predicted octanol–water partition coefficient (Wildman–Crippen LogP) is 6.21. The van der Waals surface area contributed by atoms with E-state index in [1.165, 1.54) is 0 Å². The van der Waals surface area contributed by atoms with Crippen LogP contribution in [0.3, 0.4) is 0 Å². The molecule has 1 aliphatic rings. The minimum Gasteiger partial charge on any atom is -0.494 e. The molecular formula is C31H29NO6. The number of ether oxygens (including phenoxy) is 2. The van der Waals surface area contributed by atoms with Crippen LogP contribution >= 0.6 is 0 Å². The van der Waals surface area contributed by atoms with E-state index < -0.39 is 17.9 Å². The lowest BCUT2D eigenvalue weighted by atomic mass is 9.97. The Bertz CT molecular complexity index is 1570. The van der Waals surface area contributed by atoms with Crippen LogP contribution in [0.25, 0.3) is 11.0 Å². The number of hydrogen-bond acceptors (Lipinski definition) is 6. The number of nitrogens with zero attached hydrogens (tertiary/aromatic N) is 1. The number of rotatable bonds is 8. The maximum atomic E-state index is 13.8. The van der Waals surface area contributed by atoms with Gasteiger partial charge in [0.2, 0.25) is 5.76 Å². The van der Waals surface area contributed by atoms with E-state index in [4.69, 9.17) is 13.9 Å². The Morgan fingerprint density at radius 1 is 1.00 bits per heavy atom. The lowest BCUT2D eigenvalue weighted by molar-refractivity contribution is 0.0499. The first-order valence-electron chi connectivity index (χ1n) is 12.8. The van der Waals surface area contributed by atoms with Gasteiger partial charge in [-0.05, 0) is 74.4 Å². The van der Waals surface area contributed by atoms with Crippen LogP contribution in [-0.4, -0.2) is 25.1 Å². The quantitative estimate of drug-likeness (QED) is 0.207. The normalized spacial score (nSPS) is 14.6. The summed E-state index contributed by atoms with van der Waals surface area (Å²) in [7, 11) is 0. The summed E-state index contributed by atoms with van der Waals surface area (Å²) >= 11 is 0. The second-order valence-electron chi connectivity index (χ2n) is 9.29. The van der Waals surface area contributed by atoms with E-state index in [2.05, 4.69) is 0 Å². The van der Waals surface area contributed by atoms with Gasteiger partial charge in [-0.2, -0.15) is 0 Å². The minimum absolute atomic E-state index is 0.0150. The summed E-state index contributed by atoms with van der Waals surface area (Å²) in [6.07, 6.45) is 1.72. The van der Waals surface area contributed by atoms with Gasteiger partial charge in [0.1, 0.15) is 11.3 Å². The van der Waals surface area contributed by atoms with Gasteiger partial charge < -0.3 is 13.9 Å². The van der Waals surface area contributed by atoms with Gasteiger partial charge in [0, 0.05) is 5.69 Å². The first kappa shape index (κ1) is 25.3. The minimum atomic E-state index is -0.735. The van der Waals surface area contributed by atoms with Gasteiger partial charge in [-0.15, -0.1) is 0 Å². The molecule has 0 radical (unpaired) electrons. The van der Waals surface area contributed by atoms with Crippen molar-refractivity contribution in [1.82, 2.24) is 0 Å². The molecule has 194 valence electrons. The maximum absolute atomic E-state index is 13.8. The molecule has 0 saturated carbocycles. The molecular weight excluding hydrogens is 482 g/mol. The molecule has 0 spiro atoms. The van der Waals surface area contributed by atoms with E-state index >= 15 is 0 Å². The fourth-order valence-electron chi connectivity index (χ4n) is 4.76. The Labute approximate surface area is 220 Å². The molecule has 7 heteroatoms. The van der Waals surface area contributed by atoms with Crippen molar-refractivity contribution in [2.45, 2.75) is 39.7 Å². The number of anilines is 1. The second kappa shape index (κ2) is 10.5. The fourth-order valence-corrected chi connectivity index (χ4v) is 4.76.